The molecule has 0 saturated carbocycles. The highest BCUT2D eigenvalue weighted by Gasteiger charge is 2.07. The summed E-state index contributed by atoms with van der Waals surface area (Å²) in [5.74, 6) is 0. The van der Waals surface area contributed by atoms with Crippen molar-refractivity contribution in [2.45, 2.75) is 19.3 Å². The third-order valence-corrected chi connectivity index (χ3v) is 2.47. The van der Waals surface area contributed by atoms with E-state index in [0.29, 0.717) is 6.42 Å². The molecule has 0 aromatic carbocycles. The molecule has 0 fully saturated rings. The monoisotopic (exact) mass is 216 g/mol. The van der Waals surface area contributed by atoms with Crippen molar-refractivity contribution in [2.75, 3.05) is 0 Å². The number of allylic oxidation sites excluding steroid dienone is 4. The zero-order valence-electron chi connectivity index (χ0n) is 8.80. The lowest BCUT2D eigenvalue weighted by atomic mass is 10.0. The number of nitrogens with zero attached hydrogens (tertiary/aromatic N) is 2. The van der Waals surface area contributed by atoms with Crippen LogP contribution in [-0.4, -0.2) is 9.91 Å². The van der Waals surface area contributed by atoms with Gasteiger partial charge >= 0.3 is 0 Å². The average Bonchev–Trinajstić information content (AvgIpc) is 2.30. The predicted octanol–water partition coefficient (Wildman–Crippen LogP) is 2.81. The third-order valence-electron chi connectivity index (χ3n) is 2.47. The zero-order valence-corrected chi connectivity index (χ0v) is 8.80. The van der Waals surface area contributed by atoms with Crippen molar-refractivity contribution in [3.63, 3.8) is 0 Å². The highest BCUT2D eigenvalue weighted by Crippen LogP contribution is 2.17. The van der Waals surface area contributed by atoms with Gasteiger partial charge in [-0.25, -0.2) is 0 Å². The Morgan fingerprint density at radius 3 is 2.94 bits per heavy atom. The Kier molecular flexibility index (Phi) is 3.10. The van der Waals surface area contributed by atoms with E-state index in [4.69, 9.17) is 0 Å². The molecule has 0 unspecified atom stereocenters. The SMILES string of the molecule is O=[N+]([O-])c1cncc(CC2=CCCC=C2)c1. The molecule has 16 heavy (non-hydrogen) atoms. The van der Waals surface area contributed by atoms with Crippen LogP contribution in [0.4, 0.5) is 5.69 Å². The van der Waals surface area contributed by atoms with Gasteiger partial charge in [0.25, 0.3) is 5.69 Å². The smallest absolute Gasteiger partial charge is 0.258 e. The molecular weight excluding hydrogens is 204 g/mol. The van der Waals surface area contributed by atoms with Crippen LogP contribution < -0.4 is 0 Å². The van der Waals surface area contributed by atoms with Crippen molar-refractivity contribution in [1.82, 2.24) is 4.98 Å². The first-order valence-corrected chi connectivity index (χ1v) is 5.19. The van der Waals surface area contributed by atoms with Gasteiger partial charge < -0.3 is 0 Å². The summed E-state index contributed by atoms with van der Waals surface area (Å²) in [7, 11) is 0. The summed E-state index contributed by atoms with van der Waals surface area (Å²) < 4.78 is 0. The van der Waals surface area contributed by atoms with Gasteiger partial charge in [-0.3, -0.25) is 15.1 Å². The summed E-state index contributed by atoms with van der Waals surface area (Å²) >= 11 is 0. The number of rotatable bonds is 3. The first-order chi connectivity index (χ1) is 7.75. The molecule has 1 aromatic rings. The van der Waals surface area contributed by atoms with Gasteiger partial charge in [-0.1, -0.05) is 18.2 Å². The van der Waals surface area contributed by atoms with E-state index in [1.165, 1.54) is 11.8 Å². The van der Waals surface area contributed by atoms with Crippen LogP contribution >= 0.6 is 0 Å². The fourth-order valence-electron chi connectivity index (χ4n) is 1.70. The molecule has 4 nitrogen and oxygen atoms in total. The van der Waals surface area contributed by atoms with E-state index in [1.54, 1.807) is 12.3 Å². The van der Waals surface area contributed by atoms with Gasteiger partial charge in [0, 0.05) is 12.3 Å². The molecule has 0 aliphatic heterocycles. The molecular formula is C12H12N2O2. The van der Waals surface area contributed by atoms with Crippen LogP contribution in [0.5, 0.6) is 0 Å². The van der Waals surface area contributed by atoms with Crippen LogP contribution in [0.25, 0.3) is 0 Å². The summed E-state index contributed by atoms with van der Waals surface area (Å²) in [6.45, 7) is 0. The highest BCUT2D eigenvalue weighted by molar-refractivity contribution is 5.35. The molecule has 0 N–H and O–H groups in total. The summed E-state index contributed by atoms with van der Waals surface area (Å²) in [4.78, 5) is 14.0. The van der Waals surface area contributed by atoms with E-state index < -0.39 is 4.92 Å². The van der Waals surface area contributed by atoms with Crippen LogP contribution in [0.15, 0.2) is 42.3 Å². The molecule has 4 heteroatoms. The number of nitro groups is 1. The molecule has 2 rings (SSSR count). The molecule has 82 valence electrons. The van der Waals surface area contributed by atoms with E-state index >= 15 is 0 Å². The fourth-order valence-corrected chi connectivity index (χ4v) is 1.70. The van der Waals surface area contributed by atoms with Crippen molar-refractivity contribution >= 4 is 5.69 Å². The second-order valence-corrected chi connectivity index (χ2v) is 3.74. The number of hydrogen-bond donors (Lipinski definition) is 0. The van der Waals surface area contributed by atoms with E-state index in [1.807, 2.05) is 0 Å². The topological polar surface area (TPSA) is 56.0 Å². The minimum absolute atomic E-state index is 0.0536. The van der Waals surface area contributed by atoms with Gasteiger partial charge in [0.15, 0.2) is 0 Å². The zero-order chi connectivity index (χ0) is 11.4. The van der Waals surface area contributed by atoms with Gasteiger partial charge in [0.1, 0.15) is 6.20 Å². The van der Waals surface area contributed by atoms with Gasteiger partial charge in [0.2, 0.25) is 0 Å². The maximum absolute atomic E-state index is 10.6. The van der Waals surface area contributed by atoms with Crippen LogP contribution in [0, 0.1) is 10.1 Å². The van der Waals surface area contributed by atoms with E-state index in [2.05, 4.69) is 23.2 Å². The summed E-state index contributed by atoms with van der Waals surface area (Å²) in [6.07, 6.45) is 12.2. The lowest BCUT2D eigenvalue weighted by molar-refractivity contribution is -0.385. The van der Waals surface area contributed by atoms with Crippen molar-refractivity contribution in [3.8, 4) is 0 Å². The van der Waals surface area contributed by atoms with E-state index in [9.17, 15) is 10.1 Å². The molecule has 1 heterocycles. The van der Waals surface area contributed by atoms with Gasteiger partial charge in [-0.15, -0.1) is 0 Å². The number of hydrogen-bond acceptors (Lipinski definition) is 3. The molecule has 1 aliphatic rings. The Hall–Kier alpha value is -1.97. The largest absolute Gasteiger partial charge is 0.287 e. The number of aromatic nitrogens is 1. The Bertz CT molecular complexity index is 464. The molecule has 0 atom stereocenters. The van der Waals surface area contributed by atoms with Gasteiger partial charge in [-0.2, -0.15) is 0 Å². The molecule has 0 bridgehead atoms. The Morgan fingerprint density at radius 2 is 2.25 bits per heavy atom. The lowest BCUT2D eigenvalue weighted by Gasteiger charge is -2.06. The van der Waals surface area contributed by atoms with E-state index in [0.717, 1.165) is 18.4 Å². The summed E-state index contributed by atoms with van der Waals surface area (Å²) in [5.41, 5.74) is 2.14. The maximum atomic E-state index is 10.6. The normalized spacial score (nSPS) is 14.6. The molecule has 0 saturated heterocycles. The molecule has 1 aromatic heterocycles. The van der Waals surface area contributed by atoms with E-state index in [-0.39, 0.29) is 5.69 Å². The molecule has 0 amide bonds. The fraction of sp³-hybridized carbons (Fsp3) is 0.250. The molecule has 1 aliphatic carbocycles. The van der Waals surface area contributed by atoms with Crippen LogP contribution in [0.2, 0.25) is 0 Å². The first-order valence-electron chi connectivity index (χ1n) is 5.19. The molecule has 0 spiro atoms. The number of pyridine rings is 1. The highest BCUT2D eigenvalue weighted by atomic mass is 16.6. The second-order valence-electron chi connectivity index (χ2n) is 3.74. The van der Waals surface area contributed by atoms with Crippen molar-refractivity contribution < 1.29 is 4.92 Å². The predicted molar refractivity (Wildman–Crippen MR) is 61.1 cm³/mol. The maximum Gasteiger partial charge on any atom is 0.287 e. The van der Waals surface area contributed by atoms with Gasteiger partial charge in [0.05, 0.1) is 4.92 Å². The Labute approximate surface area is 93.5 Å². The average molecular weight is 216 g/mol. The summed E-state index contributed by atoms with van der Waals surface area (Å²) in [6, 6.07) is 1.58. The van der Waals surface area contributed by atoms with Crippen molar-refractivity contribution in [1.29, 1.82) is 0 Å². The van der Waals surface area contributed by atoms with Crippen molar-refractivity contribution in [2.24, 2.45) is 0 Å². The minimum Gasteiger partial charge on any atom is -0.258 e. The quantitative estimate of drug-likeness (QED) is 0.576. The molecule has 0 radical (unpaired) electrons. The minimum atomic E-state index is -0.415. The Morgan fingerprint density at radius 1 is 1.38 bits per heavy atom. The first kappa shape index (κ1) is 10.5. The lowest BCUT2D eigenvalue weighted by Crippen LogP contribution is -1.95. The van der Waals surface area contributed by atoms with Crippen LogP contribution in [0.1, 0.15) is 18.4 Å². The van der Waals surface area contributed by atoms with Gasteiger partial charge in [-0.05, 0) is 30.4 Å². The Balaban J connectivity index is 2.15. The third kappa shape index (κ3) is 2.53. The standard InChI is InChI=1S/C12H12N2O2/c15-14(16)12-7-11(8-13-9-12)6-10-4-2-1-3-5-10/h2,4-5,7-9H,1,3,6H2. The van der Waals surface area contributed by atoms with Crippen molar-refractivity contribution in [3.05, 3.63) is 57.9 Å². The van der Waals surface area contributed by atoms with Crippen LogP contribution in [0.3, 0.4) is 0 Å². The van der Waals surface area contributed by atoms with Crippen LogP contribution in [-0.2, 0) is 6.42 Å². The second kappa shape index (κ2) is 4.70. The summed E-state index contributed by atoms with van der Waals surface area (Å²) in [5, 5.41) is 10.6.